The lowest BCUT2D eigenvalue weighted by molar-refractivity contribution is -0.166. The topological polar surface area (TPSA) is 90.3 Å². The molecule has 2 heterocycles. The van der Waals surface area contributed by atoms with Crippen molar-refractivity contribution in [1.82, 2.24) is 9.80 Å². The van der Waals surface area contributed by atoms with Crippen LogP contribution in [0.25, 0.3) is 0 Å². The van der Waals surface area contributed by atoms with Crippen LogP contribution in [-0.4, -0.2) is 70.8 Å². The van der Waals surface area contributed by atoms with E-state index in [1.165, 1.54) is 0 Å². The summed E-state index contributed by atoms with van der Waals surface area (Å²) in [5.41, 5.74) is 0.624. The SMILES string of the molecule is O=C(CN1CCOc2ccccc2C1)N1CC[C@](Cc2ccccc2)(C(=O)O)[C@@H](O)C1. The van der Waals surface area contributed by atoms with Crippen molar-refractivity contribution in [2.75, 3.05) is 32.8 Å². The number of fused-ring (bicyclic) bond motifs is 1. The number of hydrogen-bond acceptors (Lipinski definition) is 5. The van der Waals surface area contributed by atoms with Crippen LogP contribution in [0.5, 0.6) is 5.75 Å². The molecule has 0 saturated carbocycles. The summed E-state index contributed by atoms with van der Waals surface area (Å²) in [6.45, 7) is 2.30. The highest BCUT2D eigenvalue weighted by Crippen LogP contribution is 2.36. The highest BCUT2D eigenvalue weighted by atomic mass is 16.5. The van der Waals surface area contributed by atoms with Crippen molar-refractivity contribution in [1.29, 1.82) is 0 Å². The van der Waals surface area contributed by atoms with Crippen LogP contribution in [0.3, 0.4) is 0 Å². The molecule has 0 spiro atoms. The molecule has 0 bridgehead atoms. The maximum absolute atomic E-state index is 13.0. The quantitative estimate of drug-likeness (QED) is 0.761. The van der Waals surface area contributed by atoms with Crippen LogP contribution >= 0.6 is 0 Å². The van der Waals surface area contributed by atoms with Crippen LogP contribution in [0.1, 0.15) is 17.5 Å². The largest absolute Gasteiger partial charge is 0.492 e. The van der Waals surface area contributed by atoms with Gasteiger partial charge in [0.2, 0.25) is 5.91 Å². The van der Waals surface area contributed by atoms with Crippen LogP contribution in [0.15, 0.2) is 54.6 Å². The first kappa shape index (κ1) is 21.3. The highest BCUT2D eigenvalue weighted by Gasteiger charge is 2.49. The molecule has 0 radical (unpaired) electrons. The average Bonchev–Trinajstić information content (AvgIpc) is 2.97. The van der Waals surface area contributed by atoms with E-state index in [9.17, 15) is 19.8 Å². The summed E-state index contributed by atoms with van der Waals surface area (Å²) in [6.07, 6.45) is -0.668. The molecule has 164 valence electrons. The van der Waals surface area contributed by atoms with E-state index in [1.807, 2.05) is 59.5 Å². The zero-order valence-corrected chi connectivity index (χ0v) is 17.4. The van der Waals surface area contributed by atoms with Crippen molar-refractivity contribution in [3.8, 4) is 5.75 Å². The Bertz CT molecular complexity index is 935. The summed E-state index contributed by atoms with van der Waals surface area (Å²) < 4.78 is 5.76. The molecule has 2 N–H and O–H groups in total. The van der Waals surface area contributed by atoms with Crippen molar-refractivity contribution < 1.29 is 24.5 Å². The van der Waals surface area contributed by atoms with Crippen LogP contribution in [0.4, 0.5) is 0 Å². The Kier molecular flexibility index (Phi) is 6.25. The van der Waals surface area contributed by atoms with Crippen LogP contribution in [0.2, 0.25) is 0 Å². The lowest BCUT2D eigenvalue weighted by atomic mass is 9.71. The van der Waals surface area contributed by atoms with Gasteiger partial charge in [-0.05, 0) is 24.5 Å². The van der Waals surface area contributed by atoms with Crippen molar-refractivity contribution >= 4 is 11.9 Å². The molecule has 2 aliphatic rings. The number of β-amino-alcohol motifs (C(OH)–C–C–N with tert-alkyl or cyclic N) is 1. The molecule has 1 saturated heterocycles. The van der Waals surface area contributed by atoms with Gasteiger partial charge in [-0.25, -0.2) is 0 Å². The molecule has 1 fully saturated rings. The number of ether oxygens (including phenoxy) is 1. The molecule has 4 rings (SSSR count). The lowest BCUT2D eigenvalue weighted by Gasteiger charge is -2.43. The molecular weight excluding hydrogens is 396 g/mol. The summed E-state index contributed by atoms with van der Waals surface area (Å²) in [4.78, 5) is 28.7. The molecule has 2 aromatic carbocycles. The Morgan fingerprint density at radius 3 is 2.55 bits per heavy atom. The third-order valence-corrected chi connectivity index (χ3v) is 6.39. The number of hydrogen-bond donors (Lipinski definition) is 2. The second-order valence-corrected chi connectivity index (χ2v) is 8.40. The first-order chi connectivity index (χ1) is 15.0. The van der Waals surface area contributed by atoms with Gasteiger partial charge in [-0.2, -0.15) is 0 Å². The van der Waals surface area contributed by atoms with E-state index < -0.39 is 17.5 Å². The molecule has 7 nitrogen and oxygen atoms in total. The van der Waals surface area contributed by atoms with Gasteiger partial charge in [-0.1, -0.05) is 48.5 Å². The molecule has 2 atom stereocenters. The Morgan fingerprint density at radius 1 is 1.06 bits per heavy atom. The van der Waals surface area contributed by atoms with Gasteiger partial charge in [0, 0.05) is 31.7 Å². The average molecular weight is 424 g/mol. The van der Waals surface area contributed by atoms with Gasteiger partial charge < -0.3 is 19.8 Å². The maximum Gasteiger partial charge on any atom is 0.312 e. The standard InChI is InChI=1S/C24H28N2O5/c27-21-16-26(11-10-24(21,23(29)30)14-18-6-2-1-3-7-18)22(28)17-25-12-13-31-20-9-5-4-8-19(20)15-25/h1-9,21,27H,10-17H2,(H,29,30)/t21-,24+/m0/s1. The van der Waals surface area contributed by atoms with Gasteiger partial charge >= 0.3 is 5.97 Å². The zero-order chi connectivity index (χ0) is 21.8. The van der Waals surface area contributed by atoms with Gasteiger partial charge in [0.25, 0.3) is 0 Å². The number of likely N-dealkylation sites (tertiary alicyclic amines) is 1. The van der Waals surface area contributed by atoms with E-state index in [4.69, 9.17) is 4.74 Å². The van der Waals surface area contributed by atoms with E-state index in [2.05, 4.69) is 0 Å². The van der Waals surface area contributed by atoms with E-state index in [0.717, 1.165) is 16.9 Å². The fourth-order valence-corrected chi connectivity index (χ4v) is 4.50. The predicted octanol–water partition coefficient (Wildman–Crippen LogP) is 1.79. The van der Waals surface area contributed by atoms with E-state index >= 15 is 0 Å². The van der Waals surface area contributed by atoms with Crippen molar-refractivity contribution in [2.24, 2.45) is 5.41 Å². The number of benzene rings is 2. The normalized spacial score (nSPS) is 24.0. The van der Waals surface area contributed by atoms with Gasteiger partial charge in [-0.3, -0.25) is 14.5 Å². The number of aliphatic carboxylic acids is 1. The Morgan fingerprint density at radius 2 is 1.81 bits per heavy atom. The number of aliphatic hydroxyl groups is 1. The summed E-state index contributed by atoms with van der Waals surface area (Å²) in [7, 11) is 0. The molecule has 0 aromatic heterocycles. The molecule has 0 aliphatic carbocycles. The fourth-order valence-electron chi connectivity index (χ4n) is 4.50. The van der Waals surface area contributed by atoms with Gasteiger partial charge in [0.1, 0.15) is 17.8 Å². The van der Waals surface area contributed by atoms with Crippen molar-refractivity contribution in [3.05, 3.63) is 65.7 Å². The Hall–Kier alpha value is -2.90. The third-order valence-electron chi connectivity index (χ3n) is 6.39. The summed E-state index contributed by atoms with van der Waals surface area (Å²) >= 11 is 0. The minimum atomic E-state index is -1.28. The first-order valence-corrected chi connectivity index (χ1v) is 10.6. The minimum Gasteiger partial charge on any atom is -0.492 e. The number of amides is 1. The summed E-state index contributed by atoms with van der Waals surface area (Å²) in [6, 6.07) is 17.1. The number of rotatable bonds is 5. The van der Waals surface area contributed by atoms with Gasteiger partial charge in [-0.15, -0.1) is 0 Å². The number of carboxylic acid groups (broad SMARTS) is 1. The van der Waals surface area contributed by atoms with E-state index in [-0.39, 0.29) is 31.8 Å². The number of aliphatic hydroxyl groups excluding tert-OH is 1. The number of carbonyl (C=O) groups excluding carboxylic acids is 1. The predicted molar refractivity (Wildman–Crippen MR) is 115 cm³/mol. The number of carboxylic acids is 1. The second kappa shape index (κ2) is 9.08. The summed E-state index contributed by atoms with van der Waals surface area (Å²) in [5.74, 6) is -0.271. The highest BCUT2D eigenvalue weighted by molar-refractivity contribution is 5.80. The molecule has 1 amide bonds. The number of nitrogens with zero attached hydrogens (tertiary/aromatic N) is 2. The Balaban J connectivity index is 1.41. The molecule has 31 heavy (non-hydrogen) atoms. The van der Waals surface area contributed by atoms with Gasteiger partial charge in [0.15, 0.2) is 0 Å². The molecule has 2 aromatic rings. The molecule has 7 heteroatoms. The Labute approximate surface area is 181 Å². The number of piperidine rings is 1. The lowest BCUT2D eigenvalue weighted by Crippen LogP contribution is -2.58. The van der Waals surface area contributed by atoms with E-state index in [0.29, 0.717) is 26.2 Å². The number of para-hydroxylation sites is 1. The van der Waals surface area contributed by atoms with Crippen molar-refractivity contribution in [2.45, 2.75) is 25.5 Å². The van der Waals surface area contributed by atoms with Crippen LogP contribution < -0.4 is 4.74 Å². The minimum absolute atomic E-state index is 0.0267. The van der Waals surface area contributed by atoms with Crippen LogP contribution in [0, 0.1) is 5.41 Å². The van der Waals surface area contributed by atoms with Crippen molar-refractivity contribution in [3.63, 3.8) is 0 Å². The van der Waals surface area contributed by atoms with Gasteiger partial charge in [0.05, 0.1) is 12.6 Å². The molecule has 2 aliphatic heterocycles. The van der Waals surface area contributed by atoms with Crippen LogP contribution in [-0.2, 0) is 22.6 Å². The molecular formula is C24H28N2O5. The first-order valence-electron chi connectivity index (χ1n) is 10.6. The second-order valence-electron chi connectivity index (χ2n) is 8.40. The number of carbonyl (C=O) groups is 2. The fraction of sp³-hybridized carbons (Fsp3) is 0.417. The monoisotopic (exact) mass is 424 g/mol. The summed E-state index contributed by atoms with van der Waals surface area (Å²) in [5, 5.41) is 20.8. The maximum atomic E-state index is 13.0. The third kappa shape index (κ3) is 4.57. The zero-order valence-electron chi connectivity index (χ0n) is 17.4. The molecule has 0 unspecified atom stereocenters. The van der Waals surface area contributed by atoms with E-state index in [1.54, 1.807) is 4.90 Å². The smallest absolute Gasteiger partial charge is 0.312 e.